The van der Waals surface area contributed by atoms with Gasteiger partial charge in [-0.2, -0.15) is 5.26 Å². The molecule has 0 aliphatic carbocycles. The highest BCUT2D eigenvalue weighted by atomic mass is 35.5. The van der Waals surface area contributed by atoms with Gasteiger partial charge in [-0.15, -0.1) is 0 Å². The van der Waals surface area contributed by atoms with Crippen LogP contribution in [-0.2, 0) is 0 Å². The minimum Gasteiger partial charge on any atom is -0.338 e. The summed E-state index contributed by atoms with van der Waals surface area (Å²) < 4.78 is 0. The van der Waals surface area contributed by atoms with Crippen LogP contribution >= 0.6 is 23.2 Å². The van der Waals surface area contributed by atoms with Crippen LogP contribution in [0.2, 0.25) is 10.0 Å². The minimum absolute atomic E-state index is 0.539. The lowest BCUT2D eigenvalue weighted by Gasteiger charge is -2.20. The molecule has 1 aromatic heterocycles. The topological polar surface area (TPSA) is 64.5 Å². The Labute approximate surface area is 196 Å². The van der Waals surface area contributed by atoms with Crippen molar-refractivity contribution in [2.75, 3.05) is 13.1 Å². The molecule has 32 heavy (non-hydrogen) atoms. The highest BCUT2D eigenvalue weighted by Gasteiger charge is 2.19. The number of imidazole rings is 1. The first kappa shape index (κ1) is 20.8. The Kier molecular flexibility index (Phi) is 5.71. The van der Waals surface area contributed by atoms with Crippen molar-refractivity contribution >= 4 is 39.8 Å². The van der Waals surface area contributed by atoms with E-state index in [2.05, 4.69) is 40.6 Å². The van der Waals surface area contributed by atoms with Crippen molar-refractivity contribution < 1.29 is 0 Å². The number of H-pyrrole nitrogens is 1. The van der Waals surface area contributed by atoms with Gasteiger partial charge < -0.3 is 10.3 Å². The summed E-state index contributed by atoms with van der Waals surface area (Å²) >= 11 is 12.6. The Morgan fingerprint density at radius 2 is 1.72 bits per heavy atom. The zero-order chi connectivity index (χ0) is 22.1. The third-order valence-electron chi connectivity index (χ3n) is 5.80. The molecule has 2 N–H and O–H groups in total. The summed E-state index contributed by atoms with van der Waals surface area (Å²) in [5.74, 6) is 0.806. The number of halogens is 2. The van der Waals surface area contributed by atoms with E-state index in [1.165, 1.54) is 5.57 Å². The van der Waals surface area contributed by atoms with E-state index >= 15 is 0 Å². The van der Waals surface area contributed by atoms with E-state index in [-0.39, 0.29) is 0 Å². The van der Waals surface area contributed by atoms with Crippen LogP contribution in [0, 0.1) is 11.3 Å². The van der Waals surface area contributed by atoms with Crippen LogP contribution < -0.4 is 5.32 Å². The quantitative estimate of drug-likeness (QED) is 0.363. The molecule has 1 fully saturated rings. The first-order valence-corrected chi connectivity index (χ1v) is 11.3. The molecule has 158 valence electrons. The molecule has 2 heterocycles. The lowest BCUT2D eigenvalue weighted by Crippen LogP contribution is -2.24. The number of nitrogens with one attached hydrogen (secondary N) is 2. The average molecular weight is 459 g/mol. The molecule has 0 atom stereocenters. The van der Waals surface area contributed by atoms with E-state index < -0.39 is 0 Å². The fraction of sp³-hybridized carbons (Fsp3) is 0.154. The summed E-state index contributed by atoms with van der Waals surface area (Å²) in [6, 6.07) is 21.9. The van der Waals surface area contributed by atoms with Crippen LogP contribution in [-0.4, -0.2) is 23.1 Å². The summed E-state index contributed by atoms with van der Waals surface area (Å²) in [6.45, 7) is 1.90. The number of aromatic amines is 1. The molecule has 1 aliphatic rings. The van der Waals surface area contributed by atoms with E-state index in [1.807, 2.05) is 30.3 Å². The SMILES string of the molecule is N#Cc1cccc(-c2ccc(C(=C3CCNCC3)c3nc4c(Cl)cc(Cl)cc4[nH]3)cc2)c1. The molecular weight excluding hydrogens is 439 g/mol. The highest BCUT2D eigenvalue weighted by molar-refractivity contribution is 6.38. The van der Waals surface area contributed by atoms with E-state index in [9.17, 15) is 5.26 Å². The molecule has 0 spiro atoms. The maximum absolute atomic E-state index is 9.20. The van der Waals surface area contributed by atoms with Crippen LogP contribution in [0.15, 0.2) is 66.2 Å². The van der Waals surface area contributed by atoms with Gasteiger partial charge in [0.05, 0.1) is 22.2 Å². The standard InChI is InChI=1S/C26H20Cl2N4/c27-21-13-22(28)25-23(14-21)31-26(32-25)24(19-8-10-30-11-9-19)18-6-4-17(5-7-18)20-3-1-2-16(12-20)15-29/h1-7,12-14,30H,8-11H2,(H,31,32). The summed E-state index contributed by atoms with van der Waals surface area (Å²) in [7, 11) is 0. The van der Waals surface area contributed by atoms with Crippen LogP contribution in [0.1, 0.15) is 29.8 Å². The maximum atomic E-state index is 9.20. The van der Waals surface area contributed by atoms with E-state index in [1.54, 1.807) is 6.07 Å². The first-order valence-electron chi connectivity index (χ1n) is 10.5. The normalized spacial score (nSPS) is 13.8. The van der Waals surface area contributed by atoms with Gasteiger partial charge in [-0.1, -0.05) is 65.2 Å². The number of fused-ring (bicyclic) bond motifs is 1. The predicted octanol–water partition coefficient (Wildman–Crippen LogP) is 6.59. The second-order valence-electron chi connectivity index (χ2n) is 7.87. The van der Waals surface area contributed by atoms with Crippen molar-refractivity contribution in [2.24, 2.45) is 0 Å². The summed E-state index contributed by atoms with van der Waals surface area (Å²) in [5, 5.41) is 13.8. The smallest absolute Gasteiger partial charge is 0.139 e. The summed E-state index contributed by atoms with van der Waals surface area (Å²) in [4.78, 5) is 8.29. The monoisotopic (exact) mass is 458 g/mol. The number of hydrogen-bond donors (Lipinski definition) is 2. The van der Waals surface area contributed by atoms with Crippen LogP contribution in [0.4, 0.5) is 0 Å². The number of nitrogens with zero attached hydrogens (tertiary/aromatic N) is 2. The molecule has 0 bridgehead atoms. The number of benzene rings is 3. The molecule has 5 rings (SSSR count). The lowest BCUT2D eigenvalue weighted by atomic mass is 9.92. The molecule has 0 radical (unpaired) electrons. The number of nitriles is 1. The van der Waals surface area contributed by atoms with Gasteiger partial charge in [-0.3, -0.25) is 0 Å². The molecule has 4 aromatic rings. The molecule has 6 heteroatoms. The molecular formula is C26H20Cl2N4. The fourth-order valence-electron chi connectivity index (χ4n) is 4.25. The predicted molar refractivity (Wildman–Crippen MR) is 131 cm³/mol. The summed E-state index contributed by atoms with van der Waals surface area (Å²) in [6.07, 6.45) is 1.93. The second-order valence-corrected chi connectivity index (χ2v) is 8.71. The van der Waals surface area contributed by atoms with Gasteiger partial charge >= 0.3 is 0 Å². The van der Waals surface area contributed by atoms with Crippen molar-refractivity contribution in [2.45, 2.75) is 12.8 Å². The first-order chi connectivity index (χ1) is 15.6. The van der Waals surface area contributed by atoms with Crippen LogP contribution in [0.5, 0.6) is 0 Å². The Morgan fingerprint density at radius 1 is 0.938 bits per heavy atom. The van der Waals surface area contributed by atoms with E-state index in [0.717, 1.165) is 65.1 Å². The van der Waals surface area contributed by atoms with Crippen LogP contribution in [0.25, 0.3) is 27.7 Å². The molecule has 0 amide bonds. The van der Waals surface area contributed by atoms with Crippen molar-refractivity contribution in [3.63, 3.8) is 0 Å². The van der Waals surface area contributed by atoms with Gasteiger partial charge in [0.15, 0.2) is 0 Å². The third-order valence-corrected chi connectivity index (χ3v) is 6.31. The van der Waals surface area contributed by atoms with Crippen LogP contribution in [0.3, 0.4) is 0 Å². The molecule has 3 aromatic carbocycles. The molecule has 0 unspecified atom stereocenters. The third kappa shape index (κ3) is 4.03. The van der Waals surface area contributed by atoms with Gasteiger partial charge in [0, 0.05) is 10.6 Å². The molecule has 4 nitrogen and oxygen atoms in total. The Morgan fingerprint density at radius 3 is 2.47 bits per heavy atom. The van der Waals surface area contributed by atoms with Crippen molar-refractivity contribution in [1.29, 1.82) is 5.26 Å². The average Bonchev–Trinajstić information content (AvgIpc) is 3.24. The molecule has 1 aliphatic heterocycles. The highest BCUT2D eigenvalue weighted by Crippen LogP contribution is 2.34. The number of aromatic nitrogens is 2. The number of rotatable bonds is 3. The van der Waals surface area contributed by atoms with Crippen molar-refractivity contribution in [3.05, 3.63) is 93.2 Å². The van der Waals surface area contributed by atoms with Gasteiger partial charge in [0.25, 0.3) is 0 Å². The Balaban J connectivity index is 1.61. The van der Waals surface area contributed by atoms with Crippen molar-refractivity contribution in [1.82, 2.24) is 15.3 Å². The number of hydrogen-bond acceptors (Lipinski definition) is 3. The van der Waals surface area contributed by atoms with E-state index in [0.29, 0.717) is 15.6 Å². The maximum Gasteiger partial charge on any atom is 0.139 e. The zero-order valence-corrected chi connectivity index (χ0v) is 18.8. The lowest BCUT2D eigenvalue weighted by molar-refractivity contribution is 0.611. The molecule has 0 saturated carbocycles. The largest absolute Gasteiger partial charge is 0.338 e. The minimum atomic E-state index is 0.539. The van der Waals surface area contributed by atoms with Gasteiger partial charge in [0.2, 0.25) is 0 Å². The molecule has 1 saturated heterocycles. The van der Waals surface area contributed by atoms with Gasteiger partial charge in [-0.25, -0.2) is 4.98 Å². The van der Waals surface area contributed by atoms with E-state index in [4.69, 9.17) is 28.2 Å². The van der Waals surface area contributed by atoms with Gasteiger partial charge in [0.1, 0.15) is 11.3 Å². The summed E-state index contributed by atoms with van der Waals surface area (Å²) in [5.41, 5.74) is 7.89. The van der Waals surface area contributed by atoms with Gasteiger partial charge in [-0.05, 0) is 66.9 Å². The zero-order valence-electron chi connectivity index (χ0n) is 17.3. The fourth-order valence-corrected chi connectivity index (χ4v) is 4.78. The Hall–Kier alpha value is -3.10. The number of piperidine rings is 1. The van der Waals surface area contributed by atoms with Crippen molar-refractivity contribution in [3.8, 4) is 17.2 Å². The Bertz CT molecular complexity index is 1370. The second kappa shape index (κ2) is 8.80.